The first kappa shape index (κ1) is 14.7. The van der Waals surface area contributed by atoms with E-state index in [0.717, 1.165) is 6.42 Å². The zero-order chi connectivity index (χ0) is 13.6. The summed E-state index contributed by atoms with van der Waals surface area (Å²) in [6.07, 6.45) is 0.730. The van der Waals surface area contributed by atoms with Gasteiger partial charge in [-0.25, -0.2) is 13.1 Å². The van der Waals surface area contributed by atoms with Crippen molar-refractivity contribution in [2.75, 3.05) is 13.2 Å². The monoisotopic (exact) mass is 270 g/mol. The van der Waals surface area contributed by atoms with E-state index in [4.69, 9.17) is 10.1 Å². The third-order valence-electron chi connectivity index (χ3n) is 2.24. The van der Waals surface area contributed by atoms with Crippen molar-refractivity contribution in [1.29, 1.82) is 5.41 Å². The van der Waals surface area contributed by atoms with Gasteiger partial charge in [0.25, 0.3) is 0 Å². The summed E-state index contributed by atoms with van der Waals surface area (Å²) in [5, 5.41) is 7.63. The molecule has 0 unspecified atom stereocenters. The summed E-state index contributed by atoms with van der Waals surface area (Å²) < 4.78 is 31.3. The van der Waals surface area contributed by atoms with Gasteiger partial charge < -0.3 is 4.74 Å². The average Bonchev–Trinajstić information content (AvgIpc) is 2.37. The molecule has 6 heteroatoms. The second kappa shape index (κ2) is 6.51. The molecule has 5 nitrogen and oxygen atoms in total. The molecular formula is C12H18N2O3S. The normalized spacial score (nSPS) is 11.2. The SMILES string of the molecule is CCCNS(=O)(=O)c1cccc(C(=N)OCC)c1. The number of sulfonamides is 1. The summed E-state index contributed by atoms with van der Waals surface area (Å²) in [6.45, 7) is 4.45. The number of hydrogen-bond donors (Lipinski definition) is 2. The molecule has 0 amide bonds. The molecular weight excluding hydrogens is 252 g/mol. The molecule has 0 radical (unpaired) electrons. The minimum absolute atomic E-state index is 0.0231. The second-order valence-electron chi connectivity index (χ2n) is 3.69. The lowest BCUT2D eigenvalue weighted by Gasteiger charge is -2.08. The van der Waals surface area contributed by atoms with Gasteiger partial charge in [0.1, 0.15) is 0 Å². The van der Waals surface area contributed by atoms with Crippen molar-refractivity contribution in [3.05, 3.63) is 29.8 Å². The maximum Gasteiger partial charge on any atom is 0.240 e. The van der Waals surface area contributed by atoms with E-state index in [1.807, 2.05) is 6.92 Å². The van der Waals surface area contributed by atoms with Crippen molar-refractivity contribution >= 4 is 15.9 Å². The second-order valence-corrected chi connectivity index (χ2v) is 5.45. The van der Waals surface area contributed by atoms with Crippen LogP contribution in [0.2, 0.25) is 0 Å². The van der Waals surface area contributed by atoms with Gasteiger partial charge in [-0.1, -0.05) is 13.0 Å². The number of benzene rings is 1. The Morgan fingerprint density at radius 2 is 2.11 bits per heavy atom. The molecule has 0 aromatic heterocycles. The van der Waals surface area contributed by atoms with Crippen LogP contribution in [0.5, 0.6) is 0 Å². The first-order chi connectivity index (χ1) is 8.51. The molecule has 0 saturated carbocycles. The fraction of sp³-hybridized carbons (Fsp3) is 0.417. The van der Waals surface area contributed by atoms with Crippen molar-refractivity contribution in [3.63, 3.8) is 0 Å². The zero-order valence-electron chi connectivity index (χ0n) is 10.6. The summed E-state index contributed by atoms with van der Waals surface area (Å²) in [7, 11) is -3.50. The molecule has 0 atom stereocenters. The van der Waals surface area contributed by atoms with Crippen LogP contribution in [0.25, 0.3) is 0 Å². The highest BCUT2D eigenvalue weighted by molar-refractivity contribution is 7.89. The largest absolute Gasteiger partial charge is 0.478 e. The van der Waals surface area contributed by atoms with Gasteiger partial charge in [-0.15, -0.1) is 0 Å². The Labute approximate surface area is 108 Å². The van der Waals surface area contributed by atoms with Crippen LogP contribution in [0.3, 0.4) is 0 Å². The van der Waals surface area contributed by atoms with Gasteiger partial charge >= 0.3 is 0 Å². The minimum Gasteiger partial charge on any atom is -0.478 e. The van der Waals surface area contributed by atoms with Crippen LogP contribution >= 0.6 is 0 Å². The van der Waals surface area contributed by atoms with Crippen LogP contribution in [-0.4, -0.2) is 27.5 Å². The molecule has 0 saturated heterocycles. The van der Waals surface area contributed by atoms with Crippen molar-refractivity contribution in [1.82, 2.24) is 4.72 Å². The van der Waals surface area contributed by atoms with Crippen LogP contribution in [0.1, 0.15) is 25.8 Å². The Morgan fingerprint density at radius 1 is 1.39 bits per heavy atom. The van der Waals surface area contributed by atoms with E-state index in [1.165, 1.54) is 12.1 Å². The standard InChI is InChI=1S/C12H18N2O3S/c1-3-8-14-18(15,16)11-7-5-6-10(9-11)12(13)17-4-2/h5-7,9,13-14H,3-4,8H2,1-2H3. The fourth-order valence-corrected chi connectivity index (χ4v) is 2.53. The lowest BCUT2D eigenvalue weighted by atomic mass is 10.2. The van der Waals surface area contributed by atoms with Crippen LogP contribution in [-0.2, 0) is 14.8 Å². The average molecular weight is 270 g/mol. The Morgan fingerprint density at radius 3 is 2.72 bits per heavy atom. The molecule has 2 N–H and O–H groups in total. The highest BCUT2D eigenvalue weighted by atomic mass is 32.2. The van der Waals surface area contributed by atoms with Crippen LogP contribution in [0.4, 0.5) is 0 Å². The Balaban J connectivity index is 2.98. The molecule has 0 aliphatic rings. The minimum atomic E-state index is -3.50. The molecule has 0 aliphatic carbocycles. The first-order valence-corrected chi connectivity index (χ1v) is 7.31. The summed E-state index contributed by atoms with van der Waals surface area (Å²) in [4.78, 5) is 0.151. The van der Waals surface area contributed by atoms with Crippen molar-refractivity contribution in [3.8, 4) is 0 Å². The maximum absolute atomic E-state index is 11.9. The summed E-state index contributed by atoms with van der Waals surface area (Å²) in [5.74, 6) is -0.0231. The maximum atomic E-state index is 11.9. The van der Waals surface area contributed by atoms with E-state index in [1.54, 1.807) is 19.1 Å². The summed E-state index contributed by atoms with van der Waals surface area (Å²) in [6, 6.07) is 6.19. The topological polar surface area (TPSA) is 79.3 Å². The Kier molecular flexibility index (Phi) is 5.30. The van der Waals surface area contributed by atoms with E-state index in [0.29, 0.717) is 18.7 Å². The van der Waals surface area contributed by atoms with Gasteiger partial charge in [0, 0.05) is 12.1 Å². The van der Waals surface area contributed by atoms with Gasteiger partial charge in [-0.05, 0) is 31.5 Å². The fourth-order valence-electron chi connectivity index (χ4n) is 1.35. The van der Waals surface area contributed by atoms with Crippen molar-refractivity contribution < 1.29 is 13.2 Å². The highest BCUT2D eigenvalue weighted by Gasteiger charge is 2.14. The van der Waals surface area contributed by atoms with Crippen LogP contribution < -0.4 is 4.72 Å². The molecule has 100 valence electrons. The van der Waals surface area contributed by atoms with E-state index < -0.39 is 10.0 Å². The third-order valence-corrected chi connectivity index (χ3v) is 3.70. The van der Waals surface area contributed by atoms with Crippen molar-refractivity contribution in [2.45, 2.75) is 25.2 Å². The predicted octanol–water partition coefficient (Wildman–Crippen LogP) is 1.74. The molecule has 0 bridgehead atoms. The number of nitrogens with one attached hydrogen (secondary N) is 2. The first-order valence-electron chi connectivity index (χ1n) is 5.82. The van der Waals surface area contributed by atoms with Gasteiger partial charge in [0.15, 0.2) is 0 Å². The molecule has 0 aliphatic heterocycles. The number of ether oxygens (including phenoxy) is 1. The molecule has 18 heavy (non-hydrogen) atoms. The quantitative estimate of drug-likeness (QED) is 0.610. The molecule has 0 fully saturated rings. The van der Waals surface area contributed by atoms with E-state index >= 15 is 0 Å². The summed E-state index contributed by atoms with van der Waals surface area (Å²) >= 11 is 0. The molecule has 0 spiro atoms. The van der Waals surface area contributed by atoms with Gasteiger partial charge in [-0.3, -0.25) is 5.41 Å². The highest BCUT2D eigenvalue weighted by Crippen LogP contribution is 2.12. The van der Waals surface area contributed by atoms with E-state index in [2.05, 4.69) is 4.72 Å². The van der Waals surface area contributed by atoms with Gasteiger partial charge in [0.2, 0.25) is 15.9 Å². The molecule has 1 aromatic carbocycles. The lowest BCUT2D eigenvalue weighted by Crippen LogP contribution is -2.24. The van der Waals surface area contributed by atoms with Crippen LogP contribution in [0.15, 0.2) is 29.2 Å². The number of rotatable bonds is 6. The lowest BCUT2D eigenvalue weighted by molar-refractivity contribution is 0.325. The molecule has 0 heterocycles. The van der Waals surface area contributed by atoms with Crippen LogP contribution in [0, 0.1) is 5.41 Å². The smallest absolute Gasteiger partial charge is 0.240 e. The Hall–Kier alpha value is -1.40. The third kappa shape index (κ3) is 3.82. The molecule has 1 aromatic rings. The molecule has 1 rings (SSSR count). The number of hydrogen-bond acceptors (Lipinski definition) is 4. The van der Waals surface area contributed by atoms with Gasteiger partial charge in [0.05, 0.1) is 11.5 Å². The summed E-state index contributed by atoms with van der Waals surface area (Å²) in [5.41, 5.74) is 0.455. The van der Waals surface area contributed by atoms with Crippen molar-refractivity contribution in [2.24, 2.45) is 0 Å². The zero-order valence-corrected chi connectivity index (χ0v) is 11.4. The Bertz CT molecular complexity index is 512. The predicted molar refractivity (Wildman–Crippen MR) is 70.4 cm³/mol. The van der Waals surface area contributed by atoms with Gasteiger partial charge in [-0.2, -0.15) is 0 Å². The van der Waals surface area contributed by atoms with E-state index in [9.17, 15) is 8.42 Å². The van der Waals surface area contributed by atoms with E-state index in [-0.39, 0.29) is 10.8 Å².